The Morgan fingerprint density at radius 3 is 3.19 bits per heavy atom. The smallest absolute Gasteiger partial charge is 0.123 e. The first-order valence-corrected chi connectivity index (χ1v) is 7.73. The summed E-state index contributed by atoms with van der Waals surface area (Å²) in [5.74, 6) is 2.12. The number of hydrogen-bond donors (Lipinski definition) is 1. The second-order valence-electron chi connectivity index (χ2n) is 5.73. The van der Waals surface area contributed by atoms with Crippen LogP contribution >= 0.6 is 0 Å². The molecule has 2 heterocycles. The SMILES string of the molecule is CCCNCc1nccn1CC1Cc2cc(C)ccc2O1. The number of nitrogens with one attached hydrogen (secondary N) is 1. The van der Waals surface area contributed by atoms with E-state index >= 15 is 0 Å². The molecule has 0 saturated carbocycles. The van der Waals surface area contributed by atoms with E-state index < -0.39 is 0 Å². The Bertz CT molecular complexity index is 606. The van der Waals surface area contributed by atoms with E-state index in [9.17, 15) is 0 Å². The van der Waals surface area contributed by atoms with Gasteiger partial charge in [-0.25, -0.2) is 4.98 Å². The van der Waals surface area contributed by atoms with Crippen molar-refractivity contribution in [1.29, 1.82) is 0 Å². The molecule has 1 aliphatic heterocycles. The van der Waals surface area contributed by atoms with Crippen LogP contribution in [0.4, 0.5) is 0 Å². The number of ether oxygens (including phenoxy) is 1. The van der Waals surface area contributed by atoms with Gasteiger partial charge >= 0.3 is 0 Å². The molecule has 1 aromatic carbocycles. The van der Waals surface area contributed by atoms with Crippen LogP contribution in [0.15, 0.2) is 30.6 Å². The molecule has 1 atom stereocenters. The average molecular weight is 285 g/mol. The summed E-state index contributed by atoms with van der Waals surface area (Å²) in [7, 11) is 0. The zero-order valence-corrected chi connectivity index (χ0v) is 12.8. The fourth-order valence-electron chi connectivity index (χ4n) is 2.82. The van der Waals surface area contributed by atoms with E-state index in [1.165, 1.54) is 11.1 Å². The van der Waals surface area contributed by atoms with Crippen molar-refractivity contribution in [1.82, 2.24) is 14.9 Å². The molecule has 1 aromatic heterocycles. The Morgan fingerprint density at radius 2 is 2.33 bits per heavy atom. The molecule has 0 bridgehead atoms. The molecule has 0 fully saturated rings. The third-order valence-corrected chi connectivity index (χ3v) is 3.87. The Morgan fingerprint density at radius 1 is 1.43 bits per heavy atom. The minimum atomic E-state index is 0.209. The summed E-state index contributed by atoms with van der Waals surface area (Å²) in [6.07, 6.45) is 6.24. The van der Waals surface area contributed by atoms with Gasteiger partial charge in [-0.2, -0.15) is 0 Å². The molecule has 4 nitrogen and oxygen atoms in total. The molecule has 1 N–H and O–H groups in total. The standard InChI is InChI=1S/C17H23N3O/c1-3-6-18-11-17-19-7-8-20(17)12-15-10-14-9-13(2)4-5-16(14)21-15/h4-5,7-9,15,18H,3,6,10-12H2,1-2H3. The molecular formula is C17H23N3O. The third-order valence-electron chi connectivity index (χ3n) is 3.87. The van der Waals surface area contributed by atoms with Gasteiger partial charge in [-0.15, -0.1) is 0 Å². The minimum absolute atomic E-state index is 0.209. The number of fused-ring (bicyclic) bond motifs is 1. The third kappa shape index (κ3) is 3.27. The van der Waals surface area contributed by atoms with Crippen molar-refractivity contribution in [3.05, 3.63) is 47.5 Å². The highest BCUT2D eigenvalue weighted by atomic mass is 16.5. The zero-order chi connectivity index (χ0) is 14.7. The van der Waals surface area contributed by atoms with Crippen molar-refractivity contribution in [2.75, 3.05) is 6.54 Å². The van der Waals surface area contributed by atoms with E-state index in [-0.39, 0.29) is 6.10 Å². The summed E-state index contributed by atoms with van der Waals surface area (Å²) in [6, 6.07) is 6.42. The van der Waals surface area contributed by atoms with Crippen LogP contribution in [0.3, 0.4) is 0 Å². The summed E-state index contributed by atoms with van der Waals surface area (Å²) in [5, 5.41) is 3.40. The van der Waals surface area contributed by atoms with Crippen LogP contribution in [-0.4, -0.2) is 22.2 Å². The highest BCUT2D eigenvalue weighted by molar-refractivity contribution is 5.40. The van der Waals surface area contributed by atoms with Gasteiger partial charge in [0.2, 0.25) is 0 Å². The Labute approximate surface area is 126 Å². The first-order chi connectivity index (χ1) is 10.3. The van der Waals surface area contributed by atoms with E-state index in [0.717, 1.165) is 44.0 Å². The second kappa shape index (κ2) is 6.31. The highest BCUT2D eigenvalue weighted by Gasteiger charge is 2.23. The van der Waals surface area contributed by atoms with Crippen LogP contribution in [0.1, 0.15) is 30.3 Å². The van der Waals surface area contributed by atoms with E-state index in [4.69, 9.17) is 4.74 Å². The number of imidazole rings is 1. The number of aryl methyl sites for hydroxylation is 1. The fraction of sp³-hybridized carbons (Fsp3) is 0.471. The topological polar surface area (TPSA) is 39.1 Å². The van der Waals surface area contributed by atoms with Crippen molar-refractivity contribution in [3.63, 3.8) is 0 Å². The van der Waals surface area contributed by atoms with E-state index in [0.29, 0.717) is 0 Å². The predicted octanol–water partition coefficient (Wildman–Crippen LogP) is 2.69. The van der Waals surface area contributed by atoms with Gasteiger partial charge in [0, 0.05) is 18.8 Å². The Balaban J connectivity index is 1.62. The number of rotatable bonds is 6. The molecule has 0 aliphatic carbocycles. The summed E-state index contributed by atoms with van der Waals surface area (Å²) >= 11 is 0. The molecule has 4 heteroatoms. The molecular weight excluding hydrogens is 262 g/mol. The molecule has 0 amide bonds. The van der Waals surface area contributed by atoms with E-state index in [2.05, 4.69) is 46.9 Å². The largest absolute Gasteiger partial charge is 0.488 e. The van der Waals surface area contributed by atoms with Gasteiger partial charge in [0.15, 0.2) is 0 Å². The lowest BCUT2D eigenvalue weighted by Crippen LogP contribution is -2.24. The average Bonchev–Trinajstić information content (AvgIpc) is 3.06. The van der Waals surface area contributed by atoms with Gasteiger partial charge < -0.3 is 14.6 Å². The molecule has 1 unspecified atom stereocenters. The molecule has 21 heavy (non-hydrogen) atoms. The predicted molar refractivity (Wildman–Crippen MR) is 83.5 cm³/mol. The molecule has 1 aliphatic rings. The molecule has 2 aromatic rings. The normalized spacial score (nSPS) is 16.8. The van der Waals surface area contributed by atoms with Crippen molar-refractivity contribution in [2.24, 2.45) is 0 Å². The fourth-order valence-corrected chi connectivity index (χ4v) is 2.82. The first-order valence-electron chi connectivity index (χ1n) is 7.73. The summed E-state index contributed by atoms with van der Waals surface area (Å²) in [4.78, 5) is 4.44. The molecule has 0 spiro atoms. The Kier molecular flexibility index (Phi) is 4.25. The molecule has 0 saturated heterocycles. The maximum Gasteiger partial charge on any atom is 0.123 e. The lowest BCUT2D eigenvalue weighted by molar-refractivity contribution is 0.207. The first kappa shape index (κ1) is 14.1. The lowest BCUT2D eigenvalue weighted by atomic mass is 10.1. The molecule has 0 radical (unpaired) electrons. The molecule has 3 rings (SSSR count). The summed E-state index contributed by atoms with van der Waals surface area (Å²) in [6.45, 7) is 7.00. The van der Waals surface area contributed by atoms with E-state index in [1.54, 1.807) is 0 Å². The van der Waals surface area contributed by atoms with Gasteiger partial charge in [0.05, 0.1) is 13.1 Å². The van der Waals surface area contributed by atoms with Crippen LogP contribution in [0, 0.1) is 6.92 Å². The van der Waals surface area contributed by atoms with Gasteiger partial charge in [-0.05, 0) is 31.5 Å². The van der Waals surface area contributed by atoms with Crippen LogP contribution in [0.2, 0.25) is 0 Å². The van der Waals surface area contributed by atoms with E-state index in [1.807, 2.05) is 12.4 Å². The van der Waals surface area contributed by atoms with Gasteiger partial charge in [0.1, 0.15) is 17.7 Å². The van der Waals surface area contributed by atoms with Crippen LogP contribution in [-0.2, 0) is 19.5 Å². The van der Waals surface area contributed by atoms with Crippen molar-refractivity contribution in [3.8, 4) is 5.75 Å². The minimum Gasteiger partial charge on any atom is -0.488 e. The lowest BCUT2D eigenvalue weighted by Gasteiger charge is -2.14. The monoisotopic (exact) mass is 285 g/mol. The maximum absolute atomic E-state index is 6.05. The zero-order valence-electron chi connectivity index (χ0n) is 12.8. The highest BCUT2D eigenvalue weighted by Crippen LogP contribution is 2.30. The number of aromatic nitrogens is 2. The van der Waals surface area contributed by atoms with Crippen molar-refractivity contribution in [2.45, 2.75) is 45.9 Å². The van der Waals surface area contributed by atoms with Crippen LogP contribution < -0.4 is 10.1 Å². The summed E-state index contributed by atoms with van der Waals surface area (Å²) < 4.78 is 8.25. The number of nitrogens with zero attached hydrogens (tertiary/aromatic N) is 2. The second-order valence-corrected chi connectivity index (χ2v) is 5.73. The van der Waals surface area contributed by atoms with Gasteiger partial charge in [-0.3, -0.25) is 0 Å². The number of hydrogen-bond acceptors (Lipinski definition) is 3. The number of benzene rings is 1. The van der Waals surface area contributed by atoms with Crippen molar-refractivity contribution < 1.29 is 4.74 Å². The quantitative estimate of drug-likeness (QED) is 0.829. The van der Waals surface area contributed by atoms with Gasteiger partial charge in [0.25, 0.3) is 0 Å². The maximum atomic E-state index is 6.05. The van der Waals surface area contributed by atoms with Crippen LogP contribution in [0.25, 0.3) is 0 Å². The summed E-state index contributed by atoms with van der Waals surface area (Å²) in [5.41, 5.74) is 2.62. The van der Waals surface area contributed by atoms with Crippen LogP contribution in [0.5, 0.6) is 5.75 Å². The van der Waals surface area contributed by atoms with Crippen molar-refractivity contribution >= 4 is 0 Å². The van der Waals surface area contributed by atoms with Gasteiger partial charge in [-0.1, -0.05) is 24.6 Å². The molecule has 112 valence electrons. The Hall–Kier alpha value is -1.81.